The molecule has 4 aromatic rings. The van der Waals surface area contributed by atoms with Gasteiger partial charge in [0.25, 0.3) is 0 Å². The molecule has 2 fully saturated rings. The minimum atomic E-state index is -0.256. The maximum atomic E-state index is 12.9. The van der Waals surface area contributed by atoms with Gasteiger partial charge in [-0.2, -0.15) is 0 Å². The van der Waals surface area contributed by atoms with Crippen LogP contribution in [0.4, 0.5) is 20.2 Å². The van der Waals surface area contributed by atoms with Crippen molar-refractivity contribution in [3.63, 3.8) is 0 Å². The largest absolute Gasteiger partial charge is 0.356 e. The van der Waals surface area contributed by atoms with E-state index in [1.165, 1.54) is 92.1 Å². The molecule has 4 heterocycles. The SMILES string of the molecule is Brc1ccc2c(c1)N=C1CCCCCN1C2.C#Cc1ccc(F)cc1.Fc1ccc(C#Cc2ccc3c(c2)N=C2CCCCCN2C3)cc1. The van der Waals surface area contributed by atoms with Gasteiger partial charge in [0.1, 0.15) is 23.3 Å². The number of benzene rings is 4. The standard InChI is InChI=1S/C21H19FN2.C13H15BrN2.C8H5F/c22-19-11-8-16(9-12-19)5-6-17-7-10-18-15-24-13-3-1-2-4-21(24)23-20(18)14-17;14-11-6-5-10-9-16-7-3-1-2-4-13(16)15-12(10)8-11;1-2-7-3-5-8(9)6-4-7/h7-12,14H,1-4,13,15H2;5-6,8H,1-4,7,9H2;1,3-6H. The summed E-state index contributed by atoms with van der Waals surface area (Å²) in [5.74, 6) is 10.7. The van der Waals surface area contributed by atoms with E-state index in [-0.39, 0.29) is 11.6 Å². The second-order valence-corrected chi connectivity index (χ2v) is 13.5. The van der Waals surface area contributed by atoms with Gasteiger partial charge in [-0.05, 0) is 110 Å². The van der Waals surface area contributed by atoms with Crippen LogP contribution in [0.25, 0.3) is 0 Å². The number of amidine groups is 2. The number of terminal acetylenes is 1. The summed E-state index contributed by atoms with van der Waals surface area (Å²) in [5.41, 5.74) is 7.30. The van der Waals surface area contributed by atoms with E-state index >= 15 is 0 Å². The summed E-state index contributed by atoms with van der Waals surface area (Å²) in [4.78, 5) is 14.5. The zero-order valence-electron chi connectivity index (χ0n) is 27.6. The van der Waals surface area contributed by atoms with Gasteiger partial charge in [0.2, 0.25) is 0 Å². The molecule has 0 atom stereocenters. The summed E-state index contributed by atoms with van der Waals surface area (Å²) >= 11 is 3.51. The fraction of sp³-hybridized carbons (Fsp3) is 0.286. The number of halogens is 3. The molecule has 0 N–H and O–H groups in total. The molecule has 0 unspecified atom stereocenters. The van der Waals surface area contributed by atoms with Crippen molar-refractivity contribution in [2.75, 3.05) is 13.1 Å². The zero-order chi connectivity index (χ0) is 34.0. The molecule has 4 aliphatic heterocycles. The molecular formula is C42H39BrF2N4. The molecule has 0 amide bonds. The van der Waals surface area contributed by atoms with Gasteiger partial charge in [0.05, 0.1) is 11.4 Å². The van der Waals surface area contributed by atoms with Crippen molar-refractivity contribution >= 4 is 39.0 Å². The first-order valence-electron chi connectivity index (χ1n) is 17.0. The van der Waals surface area contributed by atoms with Gasteiger partial charge >= 0.3 is 0 Å². The van der Waals surface area contributed by atoms with Crippen LogP contribution in [0.3, 0.4) is 0 Å². The molecule has 0 bridgehead atoms. The lowest BCUT2D eigenvalue weighted by atomic mass is 10.1. The van der Waals surface area contributed by atoms with E-state index in [0.717, 1.165) is 59.5 Å². The van der Waals surface area contributed by atoms with Crippen molar-refractivity contribution in [1.82, 2.24) is 9.80 Å². The fourth-order valence-corrected chi connectivity index (χ4v) is 6.61. The van der Waals surface area contributed by atoms with E-state index in [1.54, 1.807) is 24.3 Å². The van der Waals surface area contributed by atoms with Crippen LogP contribution in [0.1, 0.15) is 79.2 Å². The molecule has 2 saturated heterocycles. The molecule has 0 aromatic heterocycles. The van der Waals surface area contributed by atoms with Crippen LogP contribution in [-0.4, -0.2) is 34.6 Å². The Morgan fingerprint density at radius 1 is 0.571 bits per heavy atom. The summed E-state index contributed by atoms with van der Waals surface area (Å²) in [6, 6.07) is 24.8. The van der Waals surface area contributed by atoms with Gasteiger partial charge in [-0.3, -0.25) is 0 Å². The highest BCUT2D eigenvalue weighted by molar-refractivity contribution is 9.10. The first-order valence-corrected chi connectivity index (χ1v) is 17.8. The smallest absolute Gasteiger partial charge is 0.123 e. The lowest BCUT2D eigenvalue weighted by Gasteiger charge is -2.29. The summed E-state index contributed by atoms with van der Waals surface area (Å²) in [7, 11) is 0. The Labute approximate surface area is 297 Å². The minimum absolute atomic E-state index is 0.238. The quantitative estimate of drug-likeness (QED) is 0.170. The molecule has 7 heteroatoms. The number of hydrogen-bond donors (Lipinski definition) is 0. The maximum absolute atomic E-state index is 12.9. The van der Waals surface area contributed by atoms with E-state index in [2.05, 4.69) is 73.8 Å². The Kier molecular flexibility index (Phi) is 11.6. The van der Waals surface area contributed by atoms with Gasteiger partial charge in [-0.15, -0.1) is 6.42 Å². The van der Waals surface area contributed by atoms with E-state index in [1.807, 2.05) is 6.07 Å². The summed E-state index contributed by atoms with van der Waals surface area (Å²) in [6.45, 7) is 4.29. The first-order chi connectivity index (χ1) is 23.9. The predicted molar refractivity (Wildman–Crippen MR) is 199 cm³/mol. The van der Waals surface area contributed by atoms with Crippen LogP contribution in [0.5, 0.6) is 0 Å². The van der Waals surface area contributed by atoms with E-state index < -0.39 is 0 Å². The average Bonchev–Trinajstić information content (AvgIpc) is 3.50. The van der Waals surface area contributed by atoms with E-state index in [0.29, 0.717) is 5.56 Å². The van der Waals surface area contributed by atoms with Crippen molar-refractivity contribution in [1.29, 1.82) is 0 Å². The molecule has 248 valence electrons. The van der Waals surface area contributed by atoms with Gasteiger partial charge in [-0.1, -0.05) is 58.7 Å². The second kappa shape index (κ2) is 16.6. The summed E-state index contributed by atoms with van der Waals surface area (Å²) < 4.78 is 26.2. The lowest BCUT2D eigenvalue weighted by molar-refractivity contribution is 0.403. The van der Waals surface area contributed by atoms with Gasteiger partial charge in [0, 0.05) is 60.2 Å². The molecule has 0 spiro atoms. The molecule has 0 radical (unpaired) electrons. The highest BCUT2D eigenvalue weighted by atomic mass is 79.9. The topological polar surface area (TPSA) is 31.2 Å². The monoisotopic (exact) mass is 716 g/mol. The van der Waals surface area contributed by atoms with Gasteiger partial charge < -0.3 is 9.80 Å². The van der Waals surface area contributed by atoms with E-state index in [4.69, 9.17) is 16.4 Å². The van der Waals surface area contributed by atoms with Crippen LogP contribution in [-0.2, 0) is 13.1 Å². The normalized spacial score (nSPS) is 15.9. The number of fused-ring (bicyclic) bond motifs is 4. The number of aliphatic imine (C=N–C) groups is 2. The molecule has 49 heavy (non-hydrogen) atoms. The third kappa shape index (κ3) is 9.46. The van der Waals surface area contributed by atoms with E-state index in [9.17, 15) is 8.78 Å². The summed E-state index contributed by atoms with van der Waals surface area (Å²) in [6.07, 6.45) is 15.0. The van der Waals surface area contributed by atoms with Crippen molar-refractivity contribution in [2.45, 2.75) is 64.5 Å². The third-order valence-corrected chi connectivity index (χ3v) is 9.44. The molecule has 8 rings (SSSR count). The molecule has 4 aliphatic rings. The van der Waals surface area contributed by atoms with Crippen LogP contribution in [0, 0.1) is 35.8 Å². The van der Waals surface area contributed by atoms with Crippen molar-refractivity contribution in [3.05, 3.63) is 129 Å². The number of rotatable bonds is 0. The molecule has 0 saturated carbocycles. The second-order valence-electron chi connectivity index (χ2n) is 12.5. The van der Waals surface area contributed by atoms with Crippen molar-refractivity contribution in [3.8, 4) is 24.2 Å². The Bertz CT molecular complexity index is 1930. The molecular weight excluding hydrogens is 678 g/mol. The lowest BCUT2D eigenvalue weighted by Crippen LogP contribution is -2.32. The zero-order valence-corrected chi connectivity index (χ0v) is 29.2. The van der Waals surface area contributed by atoms with Crippen LogP contribution >= 0.6 is 15.9 Å². The minimum Gasteiger partial charge on any atom is -0.356 e. The highest BCUT2D eigenvalue weighted by Crippen LogP contribution is 2.32. The highest BCUT2D eigenvalue weighted by Gasteiger charge is 2.22. The Morgan fingerprint density at radius 2 is 1.06 bits per heavy atom. The maximum Gasteiger partial charge on any atom is 0.123 e. The Balaban J connectivity index is 0.000000143. The fourth-order valence-electron chi connectivity index (χ4n) is 6.26. The van der Waals surface area contributed by atoms with Crippen molar-refractivity contribution in [2.24, 2.45) is 9.98 Å². The van der Waals surface area contributed by atoms with Gasteiger partial charge in [-0.25, -0.2) is 18.8 Å². The Hall–Kier alpha value is -4.72. The van der Waals surface area contributed by atoms with Crippen molar-refractivity contribution < 1.29 is 8.78 Å². The van der Waals surface area contributed by atoms with Crippen LogP contribution in [0.2, 0.25) is 0 Å². The van der Waals surface area contributed by atoms with Crippen LogP contribution in [0.15, 0.2) is 99.4 Å². The third-order valence-electron chi connectivity index (χ3n) is 8.95. The molecule has 4 nitrogen and oxygen atoms in total. The molecule has 4 aromatic carbocycles. The number of nitrogens with zero attached hydrogens (tertiary/aromatic N) is 4. The van der Waals surface area contributed by atoms with Gasteiger partial charge in [0.15, 0.2) is 0 Å². The number of hydrogen-bond acceptors (Lipinski definition) is 4. The molecule has 0 aliphatic carbocycles. The predicted octanol–water partition coefficient (Wildman–Crippen LogP) is 10.3. The average molecular weight is 718 g/mol. The van der Waals surface area contributed by atoms with Crippen LogP contribution < -0.4 is 0 Å². The first kappa shape index (κ1) is 34.2. The Morgan fingerprint density at radius 3 is 1.63 bits per heavy atom. The summed E-state index contributed by atoms with van der Waals surface area (Å²) in [5, 5.41) is 0.